The first-order valence-corrected chi connectivity index (χ1v) is 9.96. The lowest BCUT2D eigenvalue weighted by molar-refractivity contribution is -0.123. The van der Waals surface area contributed by atoms with Crippen LogP contribution < -0.4 is 14.8 Å². The molecule has 1 aliphatic rings. The number of benzene rings is 1. The van der Waals surface area contributed by atoms with E-state index in [4.69, 9.17) is 9.47 Å². The van der Waals surface area contributed by atoms with Gasteiger partial charge in [0.1, 0.15) is 0 Å². The quantitative estimate of drug-likeness (QED) is 0.701. The van der Waals surface area contributed by atoms with Gasteiger partial charge in [0.15, 0.2) is 11.5 Å². The molecule has 1 aromatic carbocycles. The standard InChI is InChI=1S/C19H28BrN3O4/c1-5-27-18-15(20)10-14(11-16(18)26-4)19(25)23-8-6-22(7-9-23)12-17(24)21-13(2)3/h10-11,13H,5-9,12H2,1-4H3,(H,21,24). The molecule has 1 fully saturated rings. The molecule has 0 atom stereocenters. The summed E-state index contributed by atoms with van der Waals surface area (Å²) in [4.78, 5) is 28.6. The van der Waals surface area contributed by atoms with Gasteiger partial charge >= 0.3 is 0 Å². The molecule has 2 rings (SSSR count). The second-order valence-electron chi connectivity index (χ2n) is 6.71. The Hall–Kier alpha value is -1.80. The molecule has 0 bridgehead atoms. The average Bonchev–Trinajstić information content (AvgIpc) is 2.62. The van der Waals surface area contributed by atoms with Crippen molar-refractivity contribution < 1.29 is 19.1 Å². The summed E-state index contributed by atoms with van der Waals surface area (Å²) in [6.07, 6.45) is 0. The zero-order chi connectivity index (χ0) is 20.0. The van der Waals surface area contributed by atoms with E-state index in [1.165, 1.54) is 0 Å². The maximum absolute atomic E-state index is 12.9. The van der Waals surface area contributed by atoms with Gasteiger partial charge in [-0.05, 0) is 48.8 Å². The predicted octanol–water partition coefficient (Wildman–Crippen LogP) is 2.14. The third-order valence-corrected chi connectivity index (χ3v) is 4.83. The molecule has 0 saturated carbocycles. The van der Waals surface area contributed by atoms with Crippen molar-refractivity contribution in [2.24, 2.45) is 0 Å². The number of rotatable bonds is 7. The van der Waals surface area contributed by atoms with E-state index in [2.05, 4.69) is 26.1 Å². The molecule has 2 amide bonds. The van der Waals surface area contributed by atoms with Gasteiger partial charge in [-0.15, -0.1) is 0 Å². The van der Waals surface area contributed by atoms with Gasteiger partial charge in [0.2, 0.25) is 5.91 Å². The summed E-state index contributed by atoms with van der Waals surface area (Å²) < 4.78 is 11.6. The van der Waals surface area contributed by atoms with E-state index < -0.39 is 0 Å². The van der Waals surface area contributed by atoms with Crippen LogP contribution in [0.5, 0.6) is 11.5 Å². The molecule has 1 heterocycles. The Labute approximate surface area is 169 Å². The number of amides is 2. The predicted molar refractivity (Wildman–Crippen MR) is 107 cm³/mol. The van der Waals surface area contributed by atoms with E-state index in [1.54, 1.807) is 24.1 Å². The van der Waals surface area contributed by atoms with Gasteiger partial charge in [0.05, 0.1) is 24.7 Å². The lowest BCUT2D eigenvalue weighted by Crippen LogP contribution is -2.51. The van der Waals surface area contributed by atoms with E-state index in [1.807, 2.05) is 20.8 Å². The highest BCUT2D eigenvalue weighted by Crippen LogP contribution is 2.37. The molecule has 0 aromatic heterocycles. The Morgan fingerprint density at radius 1 is 1.22 bits per heavy atom. The van der Waals surface area contributed by atoms with Gasteiger partial charge in [-0.1, -0.05) is 0 Å². The number of carbonyl (C=O) groups is 2. The smallest absolute Gasteiger partial charge is 0.254 e. The summed E-state index contributed by atoms with van der Waals surface area (Å²) in [6, 6.07) is 3.60. The summed E-state index contributed by atoms with van der Waals surface area (Å²) in [7, 11) is 1.56. The summed E-state index contributed by atoms with van der Waals surface area (Å²) in [5, 5.41) is 2.89. The molecule has 8 heteroatoms. The first-order valence-electron chi connectivity index (χ1n) is 9.17. The van der Waals surface area contributed by atoms with Crippen molar-refractivity contribution in [3.8, 4) is 11.5 Å². The van der Waals surface area contributed by atoms with E-state index in [-0.39, 0.29) is 17.9 Å². The number of nitrogens with zero attached hydrogens (tertiary/aromatic N) is 2. The van der Waals surface area contributed by atoms with Crippen LogP contribution in [0.15, 0.2) is 16.6 Å². The molecule has 7 nitrogen and oxygen atoms in total. The fourth-order valence-corrected chi connectivity index (χ4v) is 3.55. The van der Waals surface area contributed by atoms with Crippen LogP contribution in [0.25, 0.3) is 0 Å². The van der Waals surface area contributed by atoms with Crippen LogP contribution in [-0.2, 0) is 4.79 Å². The minimum absolute atomic E-state index is 0.0185. The number of nitrogens with one attached hydrogen (secondary N) is 1. The molecule has 1 aromatic rings. The minimum Gasteiger partial charge on any atom is -0.493 e. The molecule has 0 radical (unpaired) electrons. The van der Waals surface area contributed by atoms with E-state index in [0.717, 1.165) is 0 Å². The molecule has 1 saturated heterocycles. The first kappa shape index (κ1) is 21.5. The monoisotopic (exact) mass is 441 g/mol. The van der Waals surface area contributed by atoms with Crippen LogP contribution in [0.3, 0.4) is 0 Å². The van der Waals surface area contributed by atoms with E-state index >= 15 is 0 Å². The number of carbonyl (C=O) groups excluding carboxylic acids is 2. The SMILES string of the molecule is CCOc1c(Br)cc(C(=O)N2CCN(CC(=O)NC(C)C)CC2)cc1OC. The van der Waals surface area contributed by atoms with Crippen molar-refractivity contribution in [2.75, 3.05) is 46.4 Å². The van der Waals surface area contributed by atoms with Crippen molar-refractivity contribution in [3.63, 3.8) is 0 Å². The molecular formula is C19H28BrN3O4. The average molecular weight is 442 g/mol. The van der Waals surface area contributed by atoms with Crippen LogP contribution in [0.1, 0.15) is 31.1 Å². The van der Waals surface area contributed by atoms with Gasteiger partial charge in [-0.25, -0.2) is 0 Å². The Bertz CT molecular complexity index is 673. The Balaban J connectivity index is 1.99. The number of piperazine rings is 1. The molecule has 1 aliphatic heterocycles. The summed E-state index contributed by atoms with van der Waals surface area (Å²) in [5.41, 5.74) is 0.549. The Morgan fingerprint density at radius 2 is 1.89 bits per heavy atom. The summed E-state index contributed by atoms with van der Waals surface area (Å²) in [6.45, 7) is 9.17. The van der Waals surface area contributed by atoms with Crippen molar-refractivity contribution in [2.45, 2.75) is 26.8 Å². The maximum atomic E-state index is 12.9. The number of methoxy groups -OCH3 is 1. The fraction of sp³-hybridized carbons (Fsp3) is 0.579. The second-order valence-corrected chi connectivity index (χ2v) is 7.57. The molecule has 0 aliphatic carbocycles. The van der Waals surface area contributed by atoms with Crippen molar-refractivity contribution in [3.05, 3.63) is 22.2 Å². The molecule has 0 spiro atoms. The number of hydrogen-bond acceptors (Lipinski definition) is 5. The van der Waals surface area contributed by atoms with Crippen LogP contribution in [0.4, 0.5) is 0 Å². The number of halogens is 1. The zero-order valence-corrected chi connectivity index (χ0v) is 18.0. The molecule has 150 valence electrons. The molecular weight excluding hydrogens is 414 g/mol. The fourth-order valence-electron chi connectivity index (χ4n) is 2.99. The molecule has 0 unspecified atom stereocenters. The maximum Gasteiger partial charge on any atom is 0.254 e. The van der Waals surface area contributed by atoms with Crippen LogP contribution >= 0.6 is 15.9 Å². The van der Waals surface area contributed by atoms with Gasteiger partial charge in [-0.3, -0.25) is 14.5 Å². The highest BCUT2D eigenvalue weighted by atomic mass is 79.9. The van der Waals surface area contributed by atoms with Gasteiger partial charge < -0.3 is 19.7 Å². The summed E-state index contributed by atoms with van der Waals surface area (Å²) in [5.74, 6) is 1.09. The van der Waals surface area contributed by atoms with Crippen LogP contribution in [0, 0.1) is 0 Å². The van der Waals surface area contributed by atoms with Crippen molar-refractivity contribution in [1.82, 2.24) is 15.1 Å². The van der Waals surface area contributed by atoms with E-state index in [0.29, 0.717) is 60.9 Å². The van der Waals surface area contributed by atoms with Gasteiger partial charge in [0, 0.05) is 37.8 Å². The third kappa shape index (κ3) is 5.84. The molecule has 1 N–H and O–H groups in total. The van der Waals surface area contributed by atoms with Gasteiger partial charge in [-0.2, -0.15) is 0 Å². The number of hydrogen-bond donors (Lipinski definition) is 1. The van der Waals surface area contributed by atoms with Crippen molar-refractivity contribution >= 4 is 27.7 Å². The zero-order valence-electron chi connectivity index (χ0n) is 16.4. The van der Waals surface area contributed by atoms with Gasteiger partial charge in [0.25, 0.3) is 5.91 Å². The van der Waals surface area contributed by atoms with Crippen LogP contribution in [0.2, 0.25) is 0 Å². The first-order chi connectivity index (χ1) is 12.8. The lowest BCUT2D eigenvalue weighted by atomic mass is 10.1. The third-order valence-electron chi connectivity index (χ3n) is 4.24. The van der Waals surface area contributed by atoms with E-state index in [9.17, 15) is 9.59 Å². The minimum atomic E-state index is -0.0525. The Kier molecular flexibility index (Phi) is 7.91. The Morgan fingerprint density at radius 3 is 2.44 bits per heavy atom. The highest BCUT2D eigenvalue weighted by molar-refractivity contribution is 9.10. The normalized spacial score (nSPS) is 15.0. The second kappa shape index (κ2) is 9.94. The van der Waals surface area contributed by atoms with Crippen LogP contribution in [-0.4, -0.2) is 74.1 Å². The largest absolute Gasteiger partial charge is 0.493 e. The topological polar surface area (TPSA) is 71.1 Å². The van der Waals surface area contributed by atoms with Crippen molar-refractivity contribution in [1.29, 1.82) is 0 Å². The summed E-state index contributed by atoms with van der Waals surface area (Å²) >= 11 is 3.46. The molecule has 27 heavy (non-hydrogen) atoms. The highest BCUT2D eigenvalue weighted by Gasteiger charge is 2.25. The number of ether oxygens (including phenoxy) is 2. The lowest BCUT2D eigenvalue weighted by Gasteiger charge is -2.34.